The Balaban J connectivity index is 2.02. The van der Waals surface area contributed by atoms with Crippen molar-refractivity contribution in [1.29, 1.82) is 0 Å². The lowest BCUT2D eigenvalue weighted by molar-refractivity contribution is 0.144. The minimum absolute atomic E-state index is 0.136. The van der Waals surface area contributed by atoms with Gasteiger partial charge in [0.25, 0.3) is 0 Å². The maximum atomic E-state index is 9.97. The third-order valence-corrected chi connectivity index (χ3v) is 3.12. The van der Waals surface area contributed by atoms with E-state index in [1.54, 1.807) is 6.33 Å². The summed E-state index contributed by atoms with van der Waals surface area (Å²) < 4.78 is 0. The maximum Gasteiger partial charge on any atom is 0.129 e. The average molecular weight is 221 g/mol. The van der Waals surface area contributed by atoms with E-state index in [9.17, 15) is 5.11 Å². The van der Waals surface area contributed by atoms with Crippen LogP contribution in [0.25, 0.3) is 0 Å². The van der Waals surface area contributed by atoms with Crippen LogP contribution in [-0.2, 0) is 0 Å². The molecule has 1 heterocycles. The molecular weight excluding hydrogens is 202 g/mol. The molecule has 1 saturated carbocycles. The Morgan fingerprint density at radius 1 is 1.25 bits per heavy atom. The second-order valence-electron chi connectivity index (χ2n) is 4.50. The van der Waals surface area contributed by atoms with Gasteiger partial charge in [0, 0.05) is 11.8 Å². The van der Waals surface area contributed by atoms with Crippen molar-refractivity contribution in [2.75, 3.05) is 5.32 Å². The minimum Gasteiger partial charge on any atom is -0.391 e. The molecule has 1 fully saturated rings. The number of aliphatic hydroxyl groups is 1. The summed E-state index contributed by atoms with van der Waals surface area (Å²) >= 11 is 0. The van der Waals surface area contributed by atoms with Crippen LogP contribution in [0.15, 0.2) is 12.4 Å². The molecule has 2 N–H and O–H groups in total. The van der Waals surface area contributed by atoms with E-state index in [2.05, 4.69) is 15.3 Å². The number of aromatic nitrogens is 2. The second-order valence-corrected chi connectivity index (χ2v) is 4.50. The van der Waals surface area contributed by atoms with Crippen LogP contribution in [0.3, 0.4) is 0 Å². The van der Waals surface area contributed by atoms with E-state index in [-0.39, 0.29) is 12.1 Å². The molecule has 0 aromatic carbocycles. The highest BCUT2D eigenvalue weighted by atomic mass is 16.3. The van der Waals surface area contributed by atoms with Crippen molar-refractivity contribution in [3.63, 3.8) is 0 Å². The van der Waals surface area contributed by atoms with Gasteiger partial charge in [-0.05, 0) is 19.8 Å². The number of hydrogen-bond acceptors (Lipinski definition) is 4. The van der Waals surface area contributed by atoms with Crippen molar-refractivity contribution >= 4 is 5.82 Å². The zero-order chi connectivity index (χ0) is 11.4. The third kappa shape index (κ3) is 2.92. The van der Waals surface area contributed by atoms with Gasteiger partial charge in [0.15, 0.2) is 0 Å². The molecule has 0 bridgehead atoms. The summed E-state index contributed by atoms with van der Waals surface area (Å²) in [6.45, 7) is 1.94. The molecular formula is C12H19N3O. The van der Waals surface area contributed by atoms with Crippen LogP contribution in [0.2, 0.25) is 0 Å². The lowest BCUT2D eigenvalue weighted by Crippen LogP contribution is -2.32. The molecule has 2 unspecified atom stereocenters. The van der Waals surface area contributed by atoms with Gasteiger partial charge in [0.1, 0.15) is 12.1 Å². The fourth-order valence-electron chi connectivity index (χ4n) is 2.18. The molecule has 0 aliphatic heterocycles. The Morgan fingerprint density at radius 2 is 2.06 bits per heavy atom. The molecule has 1 aliphatic carbocycles. The largest absolute Gasteiger partial charge is 0.391 e. The number of nitrogens with one attached hydrogen (secondary N) is 1. The summed E-state index contributed by atoms with van der Waals surface area (Å²) in [6, 6.07) is 2.05. The van der Waals surface area contributed by atoms with Gasteiger partial charge in [-0.3, -0.25) is 0 Å². The van der Waals surface area contributed by atoms with E-state index < -0.39 is 0 Å². The molecule has 16 heavy (non-hydrogen) atoms. The van der Waals surface area contributed by atoms with Gasteiger partial charge in [-0.1, -0.05) is 19.3 Å². The fraction of sp³-hybridized carbons (Fsp3) is 0.667. The first-order chi connectivity index (χ1) is 7.75. The van der Waals surface area contributed by atoms with Crippen molar-refractivity contribution in [3.05, 3.63) is 18.1 Å². The molecule has 0 radical (unpaired) electrons. The highest BCUT2D eigenvalue weighted by molar-refractivity contribution is 5.36. The highest BCUT2D eigenvalue weighted by Gasteiger charge is 2.21. The Bertz CT molecular complexity index is 343. The minimum atomic E-state index is -0.252. The first kappa shape index (κ1) is 11.3. The monoisotopic (exact) mass is 221 g/mol. The average Bonchev–Trinajstić information content (AvgIpc) is 2.45. The van der Waals surface area contributed by atoms with Crippen molar-refractivity contribution in [2.45, 2.75) is 51.2 Å². The van der Waals surface area contributed by atoms with Crippen LogP contribution in [0.1, 0.15) is 37.8 Å². The van der Waals surface area contributed by atoms with E-state index in [0.29, 0.717) is 0 Å². The summed E-state index contributed by atoms with van der Waals surface area (Å²) in [4.78, 5) is 8.22. The molecule has 1 aromatic heterocycles. The van der Waals surface area contributed by atoms with E-state index in [1.807, 2.05) is 13.0 Å². The number of aliphatic hydroxyl groups excluding tert-OH is 1. The molecule has 0 amide bonds. The van der Waals surface area contributed by atoms with E-state index in [4.69, 9.17) is 0 Å². The molecule has 0 saturated heterocycles. The molecule has 88 valence electrons. The molecule has 1 aromatic rings. The van der Waals surface area contributed by atoms with Gasteiger partial charge in [0.05, 0.1) is 12.1 Å². The number of rotatable bonds is 2. The number of anilines is 1. The van der Waals surface area contributed by atoms with Gasteiger partial charge in [-0.25, -0.2) is 9.97 Å². The summed E-state index contributed by atoms with van der Waals surface area (Å²) in [6.07, 6.45) is 6.74. The standard InChI is InChI=1S/C12H19N3O/c1-9-7-12(14-8-13-9)15-10-5-3-2-4-6-11(10)16/h7-8,10-11,16H,2-6H2,1H3,(H,13,14,15). The van der Waals surface area contributed by atoms with E-state index >= 15 is 0 Å². The van der Waals surface area contributed by atoms with E-state index in [0.717, 1.165) is 30.8 Å². The topological polar surface area (TPSA) is 58.0 Å². The van der Waals surface area contributed by atoms with Gasteiger partial charge in [-0.15, -0.1) is 0 Å². The molecule has 2 rings (SSSR count). The van der Waals surface area contributed by atoms with Crippen molar-refractivity contribution in [3.8, 4) is 0 Å². The second kappa shape index (κ2) is 5.25. The van der Waals surface area contributed by atoms with Crippen molar-refractivity contribution in [1.82, 2.24) is 9.97 Å². The van der Waals surface area contributed by atoms with Crippen LogP contribution < -0.4 is 5.32 Å². The Labute approximate surface area is 96.1 Å². The number of nitrogens with zero attached hydrogens (tertiary/aromatic N) is 2. The van der Waals surface area contributed by atoms with Gasteiger partial charge < -0.3 is 10.4 Å². The Morgan fingerprint density at radius 3 is 2.88 bits per heavy atom. The normalized spacial score (nSPS) is 26.1. The maximum absolute atomic E-state index is 9.97. The zero-order valence-electron chi connectivity index (χ0n) is 9.69. The smallest absolute Gasteiger partial charge is 0.129 e. The molecule has 1 aliphatic rings. The summed E-state index contributed by atoms with van der Waals surface area (Å²) in [7, 11) is 0. The first-order valence-electron chi connectivity index (χ1n) is 5.99. The van der Waals surface area contributed by atoms with Crippen LogP contribution in [0.4, 0.5) is 5.82 Å². The Hall–Kier alpha value is -1.16. The lowest BCUT2D eigenvalue weighted by Gasteiger charge is -2.22. The molecule has 2 atom stereocenters. The SMILES string of the molecule is Cc1cc(NC2CCCCCC2O)ncn1. The fourth-order valence-corrected chi connectivity index (χ4v) is 2.18. The van der Waals surface area contributed by atoms with Crippen LogP contribution >= 0.6 is 0 Å². The van der Waals surface area contributed by atoms with Gasteiger partial charge >= 0.3 is 0 Å². The predicted molar refractivity (Wildman–Crippen MR) is 63.3 cm³/mol. The molecule has 0 spiro atoms. The third-order valence-electron chi connectivity index (χ3n) is 3.12. The Kier molecular flexibility index (Phi) is 3.72. The number of aryl methyl sites for hydroxylation is 1. The lowest BCUT2D eigenvalue weighted by atomic mass is 10.1. The van der Waals surface area contributed by atoms with Gasteiger partial charge in [-0.2, -0.15) is 0 Å². The molecule has 4 heteroatoms. The van der Waals surface area contributed by atoms with Crippen molar-refractivity contribution in [2.24, 2.45) is 0 Å². The number of hydrogen-bond donors (Lipinski definition) is 2. The molecule has 4 nitrogen and oxygen atoms in total. The van der Waals surface area contributed by atoms with Crippen LogP contribution in [-0.4, -0.2) is 27.2 Å². The van der Waals surface area contributed by atoms with Crippen LogP contribution in [0, 0.1) is 6.92 Å². The summed E-state index contributed by atoms with van der Waals surface area (Å²) in [5, 5.41) is 13.3. The van der Waals surface area contributed by atoms with Crippen molar-refractivity contribution < 1.29 is 5.11 Å². The quantitative estimate of drug-likeness (QED) is 0.749. The predicted octanol–water partition coefficient (Wildman–Crippen LogP) is 1.89. The summed E-state index contributed by atoms with van der Waals surface area (Å²) in [5.74, 6) is 0.818. The first-order valence-corrected chi connectivity index (χ1v) is 5.99. The highest BCUT2D eigenvalue weighted by Crippen LogP contribution is 2.20. The van der Waals surface area contributed by atoms with Crippen LogP contribution in [0.5, 0.6) is 0 Å². The van der Waals surface area contributed by atoms with E-state index in [1.165, 1.54) is 12.8 Å². The van der Waals surface area contributed by atoms with Gasteiger partial charge in [0.2, 0.25) is 0 Å². The zero-order valence-corrected chi connectivity index (χ0v) is 9.69. The summed E-state index contributed by atoms with van der Waals surface area (Å²) in [5.41, 5.74) is 0.945.